The predicted molar refractivity (Wildman–Crippen MR) is 132 cm³/mol. The third-order valence-corrected chi connectivity index (χ3v) is 6.01. The van der Waals surface area contributed by atoms with Crippen LogP contribution in [0.5, 0.6) is 0 Å². The Labute approximate surface area is 211 Å². The van der Waals surface area contributed by atoms with Crippen molar-refractivity contribution in [2.75, 3.05) is 18.9 Å². The number of nitrogen functional groups attached to an aromatic ring is 1. The molecule has 1 amide bonds. The lowest BCUT2D eigenvalue weighted by Crippen LogP contribution is -2.37. The molecule has 12 heteroatoms. The van der Waals surface area contributed by atoms with Crippen molar-refractivity contribution >= 4 is 11.7 Å². The van der Waals surface area contributed by atoms with Crippen LogP contribution in [0.1, 0.15) is 23.2 Å². The van der Waals surface area contributed by atoms with Crippen molar-refractivity contribution in [1.82, 2.24) is 40.1 Å². The summed E-state index contributed by atoms with van der Waals surface area (Å²) < 4.78 is 23.2. The van der Waals surface area contributed by atoms with Crippen LogP contribution in [0.3, 0.4) is 0 Å². The van der Waals surface area contributed by atoms with Crippen LogP contribution in [-0.2, 0) is 22.6 Å². The van der Waals surface area contributed by atoms with Gasteiger partial charge in [-0.25, -0.2) is 19.0 Å². The Morgan fingerprint density at radius 3 is 2.97 bits per heavy atom. The highest BCUT2D eigenvalue weighted by Gasteiger charge is 2.20. The number of nitrogens with zero attached hydrogens (tertiary/aromatic N) is 7. The number of halogens is 1. The molecule has 1 aliphatic heterocycles. The van der Waals surface area contributed by atoms with Crippen LogP contribution in [0, 0.1) is 25.1 Å². The third-order valence-electron chi connectivity index (χ3n) is 6.01. The molecule has 1 aromatic carbocycles. The van der Waals surface area contributed by atoms with Gasteiger partial charge in [0.05, 0.1) is 31.1 Å². The molecule has 1 aliphatic rings. The van der Waals surface area contributed by atoms with E-state index in [-0.39, 0.29) is 48.1 Å². The summed E-state index contributed by atoms with van der Waals surface area (Å²) >= 11 is 0. The average Bonchev–Trinajstić information content (AvgIpc) is 3.65. The van der Waals surface area contributed by atoms with E-state index in [0.29, 0.717) is 30.0 Å². The minimum absolute atomic E-state index is 0.0398. The Balaban J connectivity index is 1.32. The smallest absolute Gasteiger partial charge is 0.242 e. The fourth-order valence-electron chi connectivity index (χ4n) is 4.08. The van der Waals surface area contributed by atoms with Gasteiger partial charge in [0.15, 0.2) is 17.5 Å². The molecular formula is C25H24FN9O2. The summed E-state index contributed by atoms with van der Waals surface area (Å²) in [7, 11) is 0. The quantitative estimate of drug-likeness (QED) is 0.364. The van der Waals surface area contributed by atoms with Crippen molar-refractivity contribution in [2.24, 2.45) is 0 Å². The van der Waals surface area contributed by atoms with E-state index in [0.717, 1.165) is 12.0 Å². The summed E-state index contributed by atoms with van der Waals surface area (Å²) in [5, 5.41) is 15.5. The van der Waals surface area contributed by atoms with Crippen molar-refractivity contribution < 1.29 is 13.9 Å². The molecule has 37 heavy (non-hydrogen) atoms. The number of aromatic nitrogens is 7. The summed E-state index contributed by atoms with van der Waals surface area (Å²) in [5.74, 6) is 1.62. The largest absolute Gasteiger partial charge is 0.381 e. The van der Waals surface area contributed by atoms with Crippen molar-refractivity contribution in [1.29, 1.82) is 0 Å². The maximum absolute atomic E-state index is 14.9. The molecule has 1 unspecified atom stereocenters. The zero-order valence-electron chi connectivity index (χ0n) is 20.1. The summed E-state index contributed by atoms with van der Waals surface area (Å²) in [6.07, 6.45) is 9.63. The van der Waals surface area contributed by atoms with Gasteiger partial charge in [-0.1, -0.05) is 23.3 Å². The van der Waals surface area contributed by atoms with Crippen LogP contribution in [0.4, 0.5) is 10.2 Å². The maximum Gasteiger partial charge on any atom is 0.242 e. The number of rotatable bonds is 7. The summed E-state index contributed by atoms with van der Waals surface area (Å²) in [6.45, 7) is 3.38. The van der Waals surface area contributed by atoms with Gasteiger partial charge in [-0.15, -0.1) is 11.5 Å². The number of terminal acetylenes is 1. The van der Waals surface area contributed by atoms with Crippen LogP contribution in [-0.4, -0.2) is 59.9 Å². The fourth-order valence-corrected chi connectivity index (χ4v) is 4.08. The first-order valence-corrected chi connectivity index (χ1v) is 11.6. The monoisotopic (exact) mass is 501 g/mol. The summed E-state index contributed by atoms with van der Waals surface area (Å²) in [4.78, 5) is 20.7. The minimum Gasteiger partial charge on any atom is -0.381 e. The fraction of sp³-hybridized carbons (Fsp3) is 0.280. The van der Waals surface area contributed by atoms with E-state index in [4.69, 9.17) is 16.9 Å². The highest BCUT2D eigenvalue weighted by molar-refractivity contribution is 5.76. The van der Waals surface area contributed by atoms with E-state index >= 15 is 0 Å². The Morgan fingerprint density at radius 2 is 2.19 bits per heavy atom. The molecule has 0 aliphatic carbocycles. The van der Waals surface area contributed by atoms with Gasteiger partial charge in [0.1, 0.15) is 17.9 Å². The van der Waals surface area contributed by atoms with Crippen LogP contribution in [0.2, 0.25) is 0 Å². The molecule has 3 N–H and O–H groups in total. The van der Waals surface area contributed by atoms with Gasteiger partial charge in [-0.3, -0.25) is 9.48 Å². The molecule has 0 spiro atoms. The molecule has 1 atom stereocenters. The summed E-state index contributed by atoms with van der Waals surface area (Å²) in [6, 6.07) is 7.19. The SMILES string of the molecule is C#Cc1cccc(-c2nc(N)c(F)c(-c3cn(Cc4ccn(CC(=O)NC5CCOC5)n4)nn3)n2)c1C. The number of anilines is 1. The number of carbonyl (C=O) groups is 1. The van der Waals surface area contributed by atoms with Crippen LogP contribution in [0.25, 0.3) is 22.8 Å². The van der Waals surface area contributed by atoms with Crippen LogP contribution in [0.15, 0.2) is 36.7 Å². The molecular weight excluding hydrogens is 477 g/mol. The van der Waals surface area contributed by atoms with E-state index < -0.39 is 5.82 Å². The van der Waals surface area contributed by atoms with Gasteiger partial charge < -0.3 is 15.8 Å². The van der Waals surface area contributed by atoms with E-state index in [2.05, 4.69) is 36.6 Å². The average molecular weight is 502 g/mol. The lowest BCUT2D eigenvalue weighted by Gasteiger charge is -2.10. The van der Waals surface area contributed by atoms with Crippen LogP contribution >= 0.6 is 0 Å². The van der Waals surface area contributed by atoms with Gasteiger partial charge in [0.2, 0.25) is 5.91 Å². The van der Waals surface area contributed by atoms with E-state index in [1.165, 1.54) is 4.68 Å². The number of ether oxygens (including phenoxy) is 1. The number of nitrogens with two attached hydrogens (primary N) is 1. The number of amides is 1. The van der Waals surface area contributed by atoms with Gasteiger partial charge in [-0.2, -0.15) is 5.10 Å². The normalized spacial score (nSPS) is 15.0. The molecule has 188 valence electrons. The molecule has 4 heterocycles. The Kier molecular flexibility index (Phi) is 6.61. The zero-order chi connectivity index (χ0) is 25.9. The first-order chi connectivity index (χ1) is 17.9. The first-order valence-electron chi connectivity index (χ1n) is 11.6. The van der Waals surface area contributed by atoms with Gasteiger partial charge in [0.25, 0.3) is 0 Å². The minimum atomic E-state index is -0.787. The molecule has 1 fully saturated rings. The molecule has 5 rings (SSSR count). The molecule has 3 aromatic heterocycles. The Morgan fingerprint density at radius 1 is 1.32 bits per heavy atom. The second-order valence-electron chi connectivity index (χ2n) is 8.65. The highest BCUT2D eigenvalue weighted by atomic mass is 19.1. The topological polar surface area (TPSA) is 139 Å². The second kappa shape index (κ2) is 10.2. The standard InChI is InChI=1S/C25H24FN9O2/c1-3-16-5-4-6-19(15(16)2)25-29-23(22(26)24(27)30-25)20-12-35(33-31-20)11-17-7-9-34(32-17)13-21(36)28-18-8-10-37-14-18/h1,4-7,9,12,18H,8,10-11,13-14H2,2H3,(H,28,36)(H2,27,29,30). The molecule has 4 aromatic rings. The van der Waals surface area contributed by atoms with Gasteiger partial charge in [0, 0.05) is 23.9 Å². The van der Waals surface area contributed by atoms with E-state index in [1.54, 1.807) is 41.3 Å². The molecule has 11 nitrogen and oxygen atoms in total. The lowest BCUT2D eigenvalue weighted by atomic mass is 10.0. The number of nitrogens with one attached hydrogen (secondary N) is 1. The molecule has 0 radical (unpaired) electrons. The number of hydrogen-bond donors (Lipinski definition) is 2. The third kappa shape index (κ3) is 5.17. The highest BCUT2D eigenvalue weighted by Crippen LogP contribution is 2.28. The van der Waals surface area contributed by atoms with Gasteiger partial charge >= 0.3 is 0 Å². The second-order valence-corrected chi connectivity index (χ2v) is 8.65. The first kappa shape index (κ1) is 24.1. The number of hydrogen-bond acceptors (Lipinski definition) is 8. The summed E-state index contributed by atoms with van der Waals surface area (Å²) in [5.41, 5.74) is 8.75. The molecule has 0 saturated carbocycles. The Hall–Kier alpha value is -4.63. The lowest BCUT2D eigenvalue weighted by molar-refractivity contribution is -0.122. The van der Waals surface area contributed by atoms with E-state index in [1.807, 2.05) is 6.92 Å². The number of carbonyl (C=O) groups excluding carboxylic acids is 1. The van der Waals surface area contributed by atoms with Crippen molar-refractivity contribution in [3.8, 4) is 35.1 Å². The maximum atomic E-state index is 14.9. The van der Waals surface area contributed by atoms with E-state index in [9.17, 15) is 9.18 Å². The van der Waals surface area contributed by atoms with Gasteiger partial charge in [-0.05, 0) is 31.0 Å². The van der Waals surface area contributed by atoms with Crippen LogP contribution < -0.4 is 11.1 Å². The number of benzene rings is 1. The van der Waals surface area contributed by atoms with Crippen molar-refractivity contribution in [2.45, 2.75) is 32.5 Å². The molecule has 1 saturated heterocycles. The van der Waals surface area contributed by atoms with Crippen molar-refractivity contribution in [3.63, 3.8) is 0 Å². The zero-order valence-corrected chi connectivity index (χ0v) is 20.1. The molecule has 0 bridgehead atoms. The Bertz CT molecular complexity index is 1500. The predicted octanol–water partition coefficient (Wildman–Crippen LogP) is 1.56. The van der Waals surface area contributed by atoms with Crippen molar-refractivity contribution in [3.05, 3.63) is 59.3 Å².